The molecule has 0 atom stereocenters. The van der Waals surface area contributed by atoms with Crippen molar-refractivity contribution in [1.82, 2.24) is 0 Å². The van der Waals surface area contributed by atoms with Crippen LogP contribution in [0, 0.1) is 0 Å². The second-order valence-electron chi connectivity index (χ2n) is 12.2. The first-order valence-electron chi connectivity index (χ1n) is 20.2. The van der Waals surface area contributed by atoms with E-state index in [1.54, 1.807) is 30.3 Å². The van der Waals surface area contributed by atoms with Gasteiger partial charge >= 0.3 is 0 Å². The van der Waals surface area contributed by atoms with Gasteiger partial charge < -0.3 is 4.42 Å². The summed E-state index contributed by atoms with van der Waals surface area (Å²) in [5.41, 5.74) is 4.17. The summed E-state index contributed by atoms with van der Waals surface area (Å²) in [5, 5.41) is 7.40. The molecule has 0 saturated carbocycles. The summed E-state index contributed by atoms with van der Waals surface area (Å²) in [6.45, 7) is 0. The first-order chi connectivity index (χ1) is 27.6. The van der Waals surface area contributed by atoms with Crippen molar-refractivity contribution in [1.29, 1.82) is 0 Å². The van der Waals surface area contributed by atoms with Gasteiger partial charge in [0.15, 0.2) is 0 Å². The van der Waals surface area contributed by atoms with E-state index < -0.39 is 24.2 Å². The predicted octanol–water partition coefficient (Wildman–Crippen LogP) is 13.7. The van der Waals surface area contributed by atoms with Crippen LogP contribution in [0.3, 0.4) is 0 Å². The molecule has 0 fully saturated rings. The SMILES string of the molecule is [2H]c1c([2H])c(-c2c([2H])c([2H])c(-c3c4ccccc4c(-c4ccc5oc6cc7ccccc7cc6c5c4)c4ccccc34)c([2H])c2[2H])c([2H])c([2H])c1-c1ccccc1. The average molecular weight is 631 g/mol. The zero-order valence-electron chi connectivity index (χ0n) is 34.1. The molecule has 0 unspecified atom stereocenters. The number of benzene rings is 9. The first-order valence-corrected chi connectivity index (χ1v) is 16.2. The van der Waals surface area contributed by atoms with Gasteiger partial charge in [0.1, 0.15) is 11.2 Å². The third-order valence-corrected chi connectivity index (χ3v) is 9.37. The second-order valence-corrected chi connectivity index (χ2v) is 12.2. The van der Waals surface area contributed by atoms with Crippen molar-refractivity contribution in [2.24, 2.45) is 0 Å². The molecule has 228 valence electrons. The van der Waals surface area contributed by atoms with Crippen LogP contribution in [0.15, 0.2) is 186 Å². The third-order valence-electron chi connectivity index (χ3n) is 9.37. The van der Waals surface area contributed by atoms with Gasteiger partial charge in [0.25, 0.3) is 0 Å². The molecule has 1 nitrogen and oxygen atoms in total. The van der Waals surface area contributed by atoms with Crippen LogP contribution < -0.4 is 0 Å². The van der Waals surface area contributed by atoms with Gasteiger partial charge in [-0.25, -0.2) is 0 Å². The third kappa shape index (κ3) is 4.55. The van der Waals surface area contributed by atoms with Crippen LogP contribution in [-0.4, -0.2) is 0 Å². The summed E-state index contributed by atoms with van der Waals surface area (Å²) >= 11 is 0. The topological polar surface area (TPSA) is 13.1 Å². The Bertz CT molecular complexity index is 3220. The highest BCUT2D eigenvalue weighted by atomic mass is 16.3. The number of hydrogen-bond donors (Lipinski definition) is 0. The molecule has 0 bridgehead atoms. The smallest absolute Gasteiger partial charge is 0.136 e. The number of hydrogen-bond acceptors (Lipinski definition) is 1. The van der Waals surface area contributed by atoms with E-state index in [9.17, 15) is 5.48 Å². The molecular weight excluding hydrogens is 593 g/mol. The highest BCUT2D eigenvalue weighted by molar-refractivity contribution is 6.22. The maximum Gasteiger partial charge on any atom is 0.136 e. The Kier molecular flexibility index (Phi) is 4.69. The van der Waals surface area contributed by atoms with E-state index in [4.69, 9.17) is 9.90 Å². The van der Waals surface area contributed by atoms with Crippen LogP contribution in [-0.2, 0) is 0 Å². The molecule has 0 aliphatic heterocycles. The molecule has 10 aromatic rings. The lowest BCUT2D eigenvalue weighted by molar-refractivity contribution is 0.669. The Balaban J connectivity index is 1.22. The molecule has 0 spiro atoms. The Hall–Kier alpha value is -6.44. The minimum Gasteiger partial charge on any atom is -0.456 e. The van der Waals surface area contributed by atoms with Gasteiger partial charge in [-0.05, 0) is 101 Å². The van der Waals surface area contributed by atoms with Crippen LogP contribution in [0.2, 0.25) is 0 Å². The van der Waals surface area contributed by atoms with E-state index >= 15 is 0 Å². The van der Waals surface area contributed by atoms with Gasteiger partial charge in [0, 0.05) is 10.8 Å². The average Bonchev–Trinajstić information content (AvgIpc) is 3.59. The van der Waals surface area contributed by atoms with Gasteiger partial charge in [-0.3, -0.25) is 0 Å². The molecule has 1 heterocycles. The van der Waals surface area contributed by atoms with E-state index in [0.29, 0.717) is 11.1 Å². The van der Waals surface area contributed by atoms with Crippen LogP contribution in [0.1, 0.15) is 11.0 Å². The van der Waals surface area contributed by atoms with Crippen LogP contribution in [0.4, 0.5) is 0 Å². The standard InChI is InChI=1S/C48H30O/c1-2-10-31(11-3-1)32-18-20-33(21-19-32)34-22-24-35(25-23-34)47-39-14-6-8-16-41(39)48(42-17-9-7-15-40(42)47)38-26-27-45-43(29-38)44-28-36-12-4-5-13-37(36)30-46(44)49-45/h1-30H/i18D,19D,20D,21D,22D,23D,24D,25D. The van der Waals surface area contributed by atoms with E-state index in [1.807, 2.05) is 72.8 Å². The summed E-state index contributed by atoms with van der Waals surface area (Å²) < 4.78 is 79.4. The monoisotopic (exact) mass is 630 g/mol. The van der Waals surface area contributed by atoms with Crippen LogP contribution in [0.5, 0.6) is 0 Å². The normalized spacial score (nSPS) is 14.0. The molecule has 1 aromatic heterocycles. The van der Waals surface area contributed by atoms with E-state index in [1.165, 1.54) is 0 Å². The van der Waals surface area contributed by atoms with Crippen molar-refractivity contribution < 1.29 is 15.4 Å². The van der Waals surface area contributed by atoms with Gasteiger partial charge in [0.05, 0.1) is 11.0 Å². The van der Waals surface area contributed by atoms with Gasteiger partial charge in [-0.1, -0.05) is 158 Å². The number of furan rings is 1. The highest BCUT2D eigenvalue weighted by Gasteiger charge is 2.18. The van der Waals surface area contributed by atoms with E-state index in [0.717, 1.165) is 65.4 Å². The zero-order valence-corrected chi connectivity index (χ0v) is 26.1. The fourth-order valence-electron chi connectivity index (χ4n) is 7.08. The van der Waals surface area contributed by atoms with Crippen molar-refractivity contribution in [3.8, 4) is 44.5 Å². The summed E-state index contributed by atoms with van der Waals surface area (Å²) in [4.78, 5) is 0. The molecule has 0 aliphatic carbocycles. The molecule has 1 heteroatoms. The van der Waals surface area contributed by atoms with Crippen LogP contribution >= 0.6 is 0 Å². The number of fused-ring (bicyclic) bond motifs is 6. The summed E-state index contributed by atoms with van der Waals surface area (Å²) in [6.07, 6.45) is 0. The van der Waals surface area contributed by atoms with E-state index in [2.05, 4.69) is 30.3 Å². The minimum atomic E-state index is -0.443. The van der Waals surface area contributed by atoms with Gasteiger partial charge in [-0.2, -0.15) is 0 Å². The summed E-state index contributed by atoms with van der Waals surface area (Å²) in [5.74, 6) is 0. The lowest BCUT2D eigenvalue weighted by Gasteiger charge is -2.18. The quantitative estimate of drug-likeness (QED) is 0.176. The maximum absolute atomic E-state index is 9.44. The largest absolute Gasteiger partial charge is 0.456 e. The predicted molar refractivity (Wildman–Crippen MR) is 208 cm³/mol. The summed E-state index contributed by atoms with van der Waals surface area (Å²) in [6, 6.07) is 39.8. The molecule has 9 aromatic carbocycles. The van der Waals surface area contributed by atoms with Gasteiger partial charge in [0.2, 0.25) is 0 Å². The molecule has 10 rings (SSSR count). The van der Waals surface area contributed by atoms with Crippen molar-refractivity contribution in [2.45, 2.75) is 0 Å². The Morgan fingerprint density at radius 3 is 1.35 bits per heavy atom. The molecular formula is C48H30O. The lowest BCUT2D eigenvalue weighted by atomic mass is 9.85. The highest BCUT2D eigenvalue weighted by Crippen LogP contribution is 2.45. The summed E-state index contributed by atoms with van der Waals surface area (Å²) in [7, 11) is 0. The Morgan fingerprint density at radius 2 is 0.755 bits per heavy atom. The lowest BCUT2D eigenvalue weighted by Crippen LogP contribution is -1.91. The van der Waals surface area contributed by atoms with Crippen molar-refractivity contribution in [3.63, 3.8) is 0 Å². The van der Waals surface area contributed by atoms with Crippen LogP contribution in [0.25, 0.3) is 98.8 Å². The van der Waals surface area contributed by atoms with E-state index in [-0.39, 0.29) is 46.4 Å². The van der Waals surface area contributed by atoms with Crippen molar-refractivity contribution >= 4 is 54.3 Å². The first kappa shape index (κ1) is 20.7. The molecule has 0 amide bonds. The Labute approximate surface area is 295 Å². The van der Waals surface area contributed by atoms with Gasteiger partial charge in [-0.15, -0.1) is 0 Å². The Morgan fingerprint density at radius 1 is 0.306 bits per heavy atom. The van der Waals surface area contributed by atoms with Crippen molar-refractivity contribution in [3.05, 3.63) is 182 Å². The maximum atomic E-state index is 9.44. The molecule has 0 N–H and O–H groups in total. The molecule has 0 aliphatic rings. The fourth-order valence-corrected chi connectivity index (χ4v) is 7.08. The fraction of sp³-hybridized carbons (Fsp3) is 0. The van der Waals surface area contributed by atoms with Crippen molar-refractivity contribution in [2.75, 3.05) is 0 Å². The zero-order chi connectivity index (χ0) is 39.3. The molecule has 49 heavy (non-hydrogen) atoms. The number of rotatable bonds is 4. The molecule has 0 saturated heterocycles. The second kappa shape index (κ2) is 11.1. The molecule has 0 radical (unpaired) electrons. The minimum absolute atomic E-state index is 0.0898.